The van der Waals surface area contributed by atoms with E-state index in [1.807, 2.05) is 0 Å². The van der Waals surface area contributed by atoms with Gasteiger partial charge in [0.15, 0.2) is 0 Å². The first-order chi connectivity index (χ1) is 9.97. The summed E-state index contributed by atoms with van der Waals surface area (Å²) in [6.07, 6.45) is 1.46. The number of hydrogen-bond acceptors (Lipinski definition) is 8. The molecule has 108 valence electrons. The summed E-state index contributed by atoms with van der Waals surface area (Å²) in [5, 5.41) is 24.3. The number of hydrogen-bond donors (Lipinski definition) is 2. The number of non-ortho nitro benzene ring substituents is 1. The van der Waals surface area contributed by atoms with Crippen molar-refractivity contribution in [2.75, 3.05) is 11.1 Å². The molecule has 2 rings (SSSR count). The molecular weight excluding hydrogens is 280 g/mol. The molecular formula is C11H10N6O4. The summed E-state index contributed by atoms with van der Waals surface area (Å²) in [6, 6.07) is 4.85. The lowest BCUT2D eigenvalue weighted by atomic mass is 10.2. The van der Waals surface area contributed by atoms with Crippen molar-refractivity contribution >= 4 is 22.9 Å². The molecule has 21 heavy (non-hydrogen) atoms. The number of benzene rings is 1. The summed E-state index contributed by atoms with van der Waals surface area (Å²) in [6.45, 7) is 0.101. The van der Waals surface area contributed by atoms with Crippen LogP contribution in [0.25, 0.3) is 0 Å². The van der Waals surface area contributed by atoms with E-state index >= 15 is 0 Å². The van der Waals surface area contributed by atoms with Gasteiger partial charge in [-0.15, -0.1) is 0 Å². The molecule has 0 aliphatic heterocycles. The van der Waals surface area contributed by atoms with Crippen molar-refractivity contribution < 1.29 is 9.85 Å². The smallest absolute Gasteiger partial charge is 0.299 e. The molecule has 10 nitrogen and oxygen atoms in total. The fraction of sp³-hybridized carbons (Fsp3) is 0.0909. The zero-order chi connectivity index (χ0) is 15.4. The minimum absolute atomic E-state index is 0.101. The standard InChI is InChI=1S/C11H10N6O4/c12-10-3-4-13-11(15-10)6-14-8-2-1-7(16(18)19)5-9(8)17(20)21/h1-5,14H,6H2,(H2,12,13,15). The molecule has 1 aromatic heterocycles. The van der Waals surface area contributed by atoms with Crippen LogP contribution in [-0.2, 0) is 6.54 Å². The third-order valence-electron chi connectivity index (χ3n) is 2.55. The van der Waals surface area contributed by atoms with Crippen molar-refractivity contribution in [2.24, 2.45) is 0 Å². The van der Waals surface area contributed by atoms with Gasteiger partial charge in [0.2, 0.25) is 0 Å². The van der Waals surface area contributed by atoms with Gasteiger partial charge >= 0.3 is 0 Å². The third-order valence-corrected chi connectivity index (χ3v) is 2.55. The Morgan fingerprint density at radius 3 is 2.57 bits per heavy atom. The molecule has 0 atom stereocenters. The van der Waals surface area contributed by atoms with E-state index in [0.717, 1.165) is 6.07 Å². The second kappa shape index (κ2) is 5.77. The Morgan fingerprint density at radius 1 is 1.19 bits per heavy atom. The highest BCUT2D eigenvalue weighted by molar-refractivity contribution is 5.65. The van der Waals surface area contributed by atoms with E-state index in [4.69, 9.17) is 5.73 Å². The number of nitrogen functional groups attached to an aromatic ring is 1. The Hall–Kier alpha value is -3.30. The first-order valence-electron chi connectivity index (χ1n) is 5.71. The van der Waals surface area contributed by atoms with E-state index in [0.29, 0.717) is 5.82 Å². The predicted molar refractivity (Wildman–Crippen MR) is 73.5 cm³/mol. The van der Waals surface area contributed by atoms with Crippen LogP contribution in [0.5, 0.6) is 0 Å². The monoisotopic (exact) mass is 290 g/mol. The maximum Gasteiger partial charge on any atom is 0.299 e. The van der Waals surface area contributed by atoms with Crippen LogP contribution in [0, 0.1) is 20.2 Å². The molecule has 0 aliphatic rings. The van der Waals surface area contributed by atoms with Gasteiger partial charge in [-0.25, -0.2) is 9.97 Å². The zero-order valence-corrected chi connectivity index (χ0v) is 10.6. The van der Waals surface area contributed by atoms with Crippen molar-refractivity contribution in [3.8, 4) is 0 Å². The molecule has 1 heterocycles. The Labute approximate surface area is 117 Å². The maximum atomic E-state index is 11.0. The summed E-state index contributed by atoms with van der Waals surface area (Å²) >= 11 is 0. The number of nitro groups is 2. The third kappa shape index (κ3) is 3.37. The fourth-order valence-corrected chi connectivity index (χ4v) is 1.61. The molecule has 0 saturated carbocycles. The second-order valence-electron chi connectivity index (χ2n) is 3.97. The first-order valence-corrected chi connectivity index (χ1v) is 5.71. The summed E-state index contributed by atoms with van der Waals surface area (Å²) in [7, 11) is 0. The maximum absolute atomic E-state index is 11.0. The number of rotatable bonds is 5. The molecule has 0 aliphatic carbocycles. The zero-order valence-electron chi connectivity index (χ0n) is 10.6. The van der Waals surface area contributed by atoms with Gasteiger partial charge < -0.3 is 11.1 Å². The molecule has 0 bridgehead atoms. The van der Waals surface area contributed by atoms with Crippen LogP contribution in [0.4, 0.5) is 22.9 Å². The summed E-state index contributed by atoms with van der Waals surface area (Å²) in [4.78, 5) is 28.1. The van der Waals surface area contributed by atoms with Crippen molar-refractivity contribution in [3.05, 3.63) is 56.5 Å². The fourth-order valence-electron chi connectivity index (χ4n) is 1.61. The lowest BCUT2D eigenvalue weighted by Gasteiger charge is -2.06. The van der Waals surface area contributed by atoms with E-state index in [2.05, 4.69) is 15.3 Å². The molecule has 2 aromatic rings. The van der Waals surface area contributed by atoms with Crippen molar-refractivity contribution in [1.82, 2.24) is 9.97 Å². The second-order valence-corrected chi connectivity index (χ2v) is 3.97. The normalized spacial score (nSPS) is 10.1. The van der Waals surface area contributed by atoms with Crippen molar-refractivity contribution in [3.63, 3.8) is 0 Å². The van der Waals surface area contributed by atoms with Crippen molar-refractivity contribution in [2.45, 2.75) is 6.54 Å². The van der Waals surface area contributed by atoms with E-state index in [-0.39, 0.29) is 23.7 Å². The highest BCUT2D eigenvalue weighted by Crippen LogP contribution is 2.29. The quantitative estimate of drug-likeness (QED) is 0.620. The first kappa shape index (κ1) is 14.1. The minimum Gasteiger partial charge on any atom is -0.384 e. The van der Waals surface area contributed by atoms with Gasteiger partial charge in [-0.05, 0) is 12.1 Å². The SMILES string of the molecule is Nc1ccnc(CNc2ccc([N+](=O)[O-])cc2[N+](=O)[O-])n1. The van der Waals surface area contributed by atoms with Gasteiger partial charge in [0.1, 0.15) is 17.3 Å². The summed E-state index contributed by atoms with van der Waals surface area (Å²) in [5.41, 5.74) is 4.88. The Balaban J connectivity index is 2.23. The van der Waals surface area contributed by atoms with Gasteiger partial charge in [-0.1, -0.05) is 0 Å². The van der Waals surface area contributed by atoms with Gasteiger partial charge in [-0.3, -0.25) is 20.2 Å². The molecule has 10 heteroatoms. The molecule has 0 fully saturated rings. The van der Waals surface area contributed by atoms with E-state index in [9.17, 15) is 20.2 Å². The van der Waals surface area contributed by atoms with Crippen molar-refractivity contribution in [1.29, 1.82) is 0 Å². The van der Waals surface area contributed by atoms with E-state index in [1.54, 1.807) is 0 Å². The molecule has 3 N–H and O–H groups in total. The minimum atomic E-state index is -0.699. The van der Waals surface area contributed by atoms with Crippen LogP contribution >= 0.6 is 0 Å². The van der Waals surface area contributed by atoms with Crippen LogP contribution < -0.4 is 11.1 Å². The van der Waals surface area contributed by atoms with Crippen LogP contribution in [-0.4, -0.2) is 19.8 Å². The highest BCUT2D eigenvalue weighted by atomic mass is 16.6. The molecule has 0 saturated heterocycles. The number of aromatic nitrogens is 2. The molecule has 0 unspecified atom stereocenters. The average molecular weight is 290 g/mol. The van der Waals surface area contributed by atoms with Crippen LogP contribution in [0.2, 0.25) is 0 Å². The van der Waals surface area contributed by atoms with Gasteiger partial charge in [-0.2, -0.15) is 0 Å². The lowest BCUT2D eigenvalue weighted by Crippen LogP contribution is -2.07. The molecule has 1 aromatic carbocycles. The molecule has 0 radical (unpaired) electrons. The van der Waals surface area contributed by atoms with E-state index in [1.165, 1.54) is 24.4 Å². The Bertz CT molecular complexity index is 705. The van der Waals surface area contributed by atoms with Crippen LogP contribution in [0.1, 0.15) is 5.82 Å². The van der Waals surface area contributed by atoms with Gasteiger partial charge in [0.25, 0.3) is 11.4 Å². The van der Waals surface area contributed by atoms with Gasteiger partial charge in [0, 0.05) is 12.3 Å². The van der Waals surface area contributed by atoms with Crippen LogP contribution in [0.3, 0.4) is 0 Å². The van der Waals surface area contributed by atoms with E-state index < -0.39 is 15.5 Å². The molecule has 0 amide bonds. The number of nitrogens with zero attached hydrogens (tertiary/aromatic N) is 4. The Kier molecular flexibility index (Phi) is 3.88. The predicted octanol–water partition coefficient (Wildman–Crippen LogP) is 1.49. The topological polar surface area (TPSA) is 150 Å². The van der Waals surface area contributed by atoms with Gasteiger partial charge in [0.05, 0.1) is 22.5 Å². The Morgan fingerprint density at radius 2 is 1.95 bits per heavy atom. The highest BCUT2D eigenvalue weighted by Gasteiger charge is 2.19. The number of nitrogens with two attached hydrogens (primary N) is 1. The molecule has 0 spiro atoms. The van der Waals surface area contributed by atoms with Crippen LogP contribution in [0.15, 0.2) is 30.5 Å². The number of nitro benzene ring substituents is 2. The summed E-state index contributed by atoms with van der Waals surface area (Å²) in [5.74, 6) is 0.627. The average Bonchev–Trinajstić information content (AvgIpc) is 2.44. The lowest BCUT2D eigenvalue weighted by molar-refractivity contribution is -0.393. The summed E-state index contributed by atoms with van der Waals surface area (Å²) < 4.78 is 0. The largest absolute Gasteiger partial charge is 0.384 e. The number of nitrogens with one attached hydrogen (secondary N) is 1. The number of anilines is 2.